The molecule has 1 aliphatic heterocycles. The predicted octanol–water partition coefficient (Wildman–Crippen LogP) is 2.11. The van der Waals surface area contributed by atoms with E-state index >= 15 is 0 Å². The molecule has 0 saturated carbocycles. The lowest BCUT2D eigenvalue weighted by molar-refractivity contribution is -0.0571. The van der Waals surface area contributed by atoms with Crippen LogP contribution in [0.15, 0.2) is 42.7 Å². The molecule has 0 aliphatic carbocycles. The predicted molar refractivity (Wildman–Crippen MR) is 90.9 cm³/mol. The number of nitrogens with two attached hydrogens (primary N) is 1. The maximum Gasteiger partial charge on any atom is 0.319 e. The van der Waals surface area contributed by atoms with Gasteiger partial charge in [-0.2, -0.15) is 5.26 Å². The first-order valence-electron chi connectivity index (χ1n) is 7.75. The zero-order chi connectivity index (χ0) is 18.2. The van der Waals surface area contributed by atoms with Gasteiger partial charge in [-0.15, -0.1) is 0 Å². The third-order valence-corrected chi connectivity index (χ3v) is 4.28. The first kappa shape index (κ1) is 16.7. The van der Waals surface area contributed by atoms with Crippen LogP contribution in [0.1, 0.15) is 31.0 Å². The Morgan fingerprint density at radius 3 is 2.80 bits per heavy atom. The molecular formula is C18H18N4O3. The molecule has 1 aromatic heterocycles. The molecule has 7 nitrogen and oxygen atoms in total. The number of nitrogens with zero attached hydrogens (tertiary/aromatic N) is 3. The summed E-state index contributed by atoms with van der Waals surface area (Å²) in [5.41, 5.74) is 6.03. The number of rotatable bonds is 2. The van der Waals surface area contributed by atoms with Crippen LogP contribution in [0.5, 0.6) is 5.75 Å². The molecule has 1 aromatic carbocycles. The number of aliphatic hydroxyl groups is 1. The molecule has 7 heteroatoms. The largest absolute Gasteiger partial charge is 0.485 e. The van der Waals surface area contributed by atoms with Crippen LogP contribution in [0.25, 0.3) is 0 Å². The van der Waals surface area contributed by atoms with E-state index in [1.807, 2.05) is 0 Å². The second-order valence-electron chi connectivity index (χ2n) is 6.38. The van der Waals surface area contributed by atoms with Gasteiger partial charge in [-0.25, -0.2) is 4.79 Å². The standard InChI is InChI=1S/C18H18N4O3/c1-18(2)16(23)15(13-8-11(9-19)5-6-14(13)25-18)22(17(20)24)12-4-3-7-21-10-12/h3-8,10,15-16,23H,1-2H3,(H2,20,24)/t15-,16+/m1/s1. The summed E-state index contributed by atoms with van der Waals surface area (Å²) < 4.78 is 5.87. The lowest BCUT2D eigenvalue weighted by Crippen LogP contribution is -2.56. The zero-order valence-corrected chi connectivity index (χ0v) is 13.9. The Hall–Kier alpha value is -3.11. The number of urea groups is 1. The normalized spacial score (nSPS) is 20.7. The summed E-state index contributed by atoms with van der Waals surface area (Å²) in [5.74, 6) is 0.495. The Balaban J connectivity index is 2.21. The van der Waals surface area contributed by atoms with Crippen molar-refractivity contribution < 1.29 is 14.6 Å². The van der Waals surface area contributed by atoms with Crippen LogP contribution in [0.2, 0.25) is 0 Å². The molecule has 0 radical (unpaired) electrons. The molecule has 2 heterocycles. The SMILES string of the molecule is CC1(C)Oc2ccc(C#N)cc2[C@@H](N(C(N)=O)c2cccnc2)[C@@H]1O. The third-order valence-electron chi connectivity index (χ3n) is 4.28. The van der Waals surface area contributed by atoms with Crippen LogP contribution >= 0.6 is 0 Å². The van der Waals surface area contributed by atoms with Gasteiger partial charge in [-0.3, -0.25) is 9.88 Å². The van der Waals surface area contributed by atoms with E-state index in [0.717, 1.165) is 0 Å². The Bertz CT molecular complexity index is 845. The van der Waals surface area contributed by atoms with Crippen molar-refractivity contribution in [2.24, 2.45) is 5.73 Å². The van der Waals surface area contributed by atoms with E-state index in [2.05, 4.69) is 11.1 Å². The fourth-order valence-electron chi connectivity index (χ4n) is 3.04. The maximum atomic E-state index is 12.2. The average molecular weight is 338 g/mol. The van der Waals surface area contributed by atoms with Gasteiger partial charge in [0, 0.05) is 11.8 Å². The maximum absolute atomic E-state index is 12.2. The molecule has 3 rings (SSSR count). The smallest absolute Gasteiger partial charge is 0.319 e. The summed E-state index contributed by atoms with van der Waals surface area (Å²) in [5, 5.41) is 20.1. The summed E-state index contributed by atoms with van der Waals surface area (Å²) in [6.07, 6.45) is 2.00. The first-order chi connectivity index (χ1) is 11.8. The summed E-state index contributed by atoms with van der Waals surface area (Å²) in [7, 11) is 0. The number of ether oxygens (including phenoxy) is 1. The van der Waals surface area contributed by atoms with Crippen molar-refractivity contribution in [1.82, 2.24) is 4.98 Å². The number of benzene rings is 1. The van der Waals surface area contributed by atoms with Gasteiger partial charge < -0.3 is 15.6 Å². The van der Waals surface area contributed by atoms with Crippen LogP contribution in [0.3, 0.4) is 0 Å². The molecule has 0 bridgehead atoms. The lowest BCUT2D eigenvalue weighted by Gasteiger charge is -2.45. The molecular weight excluding hydrogens is 320 g/mol. The molecule has 25 heavy (non-hydrogen) atoms. The molecule has 0 fully saturated rings. The minimum atomic E-state index is -1.07. The van der Waals surface area contributed by atoms with Gasteiger partial charge >= 0.3 is 6.03 Å². The number of hydrogen-bond acceptors (Lipinski definition) is 5. The highest BCUT2D eigenvalue weighted by Crippen LogP contribution is 2.44. The highest BCUT2D eigenvalue weighted by molar-refractivity contribution is 5.91. The number of aliphatic hydroxyl groups excluding tert-OH is 1. The Morgan fingerprint density at radius 2 is 2.20 bits per heavy atom. The Kier molecular flexibility index (Phi) is 4.07. The molecule has 2 amide bonds. The number of fused-ring (bicyclic) bond motifs is 1. The van der Waals surface area contributed by atoms with Crippen molar-refractivity contribution in [2.45, 2.75) is 31.6 Å². The Labute approximate surface area is 145 Å². The van der Waals surface area contributed by atoms with Crippen molar-refractivity contribution in [3.63, 3.8) is 0 Å². The van der Waals surface area contributed by atoms with Gasteiger partial charge in [-0.05, 0) is 44.2 Å². The van der Waals surface area contributed by atoms with E-state index in [4.69, 9.17) is 10.5 Å². The minimum absolute atomic E-state index is 0.398. The van der Waals surface area contributed by atoms with E-state index in [1.54, 1.807) is 50.4 Å². The fraction of sp³-hybridized carbons (Fsp3) is 0.278. The van der Waals surface area contributed by atoms with Crippen LogP contribution in [-0.2, 0) is 0 Å². The first-order valence-corrected chi connectivity index (χ1v) is 7.75. The summed E-state index contributed by atoms with van der Waals surface area (Å²) in [6, 6.07) is 8.76. The van der Waals surface area contributed by atoms with Crippen LogP contribution in [-0.4, -0.2) is 27.8 Å². The molecule has 2 atom stereocenters. The fourth-order valence-corrected chi connectivity index (χ4v) is 3.04. The second kappa shape index (κ2) is 6.07. The summed E-state index contributed by atoms with van der Waals surface area (Å²) >= 11 is 0. The quantitative estimate of drug-likeness (QED) is 0.871. The van der Waals surface area contributed by atoms with Crippen molar-refractivity contribution in [1.29, 1.82) is 5.26 Å². The molecule has 0 saturated heterocycles. The summed E-state index contributed by atoms with van der Waals surface area (Å²) in [6.45, 7) is 3.46. The van der Waals surface area contributed by atoms with E-state index in [-0.39, 0.29) is 0 Å². The molecule has 1 aliphatic rings. The van der Waals surface area contributed by atoms with Gasteiger partial charge in [0.15, 0.2) is 0 Å². The minimum Gasteiger partial charge on any atom is -0.485 e. The molecule has 2 aromatic rings. The van der Waals surface area contributed by atoms with Crippen molar-refractivity contribution in [3.05, 3.63) is 53.9 Å². The number of aromatic nitrogens is 1. The van der Waals surface area contributed by atoms with E-state index < -0.39 is 23.8 Å². The van der Waals surface area contributed by atoms with Gasteiger partial charge in [0.1, 0.15) is 17.5 Å². The van der Waals surface area contributed by atoms with Crippen LogP contribution < -0.4 is 15.4 Å². The topological polar surface area (TPSA) is 112 Å². The zero-order valence-electron chi connectivity index (χ0n) is 13.9. The van der Waals surface area contributed by atoms with Gasteiger partial charge in [-0.1, -0.05) is 0 Å². The van der Waals surface area contributed by atoms with Gasteiger partial charge in [0.05, 0.1) is 29.6 Å². The van der Waals surface area contributed by atoms with Gasteiger partial charge in [0.2, 0.25) is 0 Å². The molecule has 3 N–H and O–H groups in total. The number of hydrogen-bond donors (Lipinski definition) is 2. The number of amides is 2. The number of primary amides is 1. The monoisotopic (exact) mass is 338 g/mol. The van der Waals surface area contributed by atoms with Crippen molar-refractivity contribution in [3.8, 4) is 11.8 Å². The lowest BCUT2D eigenvalue weighted by atomic mass is 9.85. The number of nitriles is 1. The molecule has 0 spiro atoms. The van der Waals surface area contributed by atoms with E-state index in [0.29, 0.717) is 22.6 Å². The highest BCUT2D eigenvalue weighted by Gasteiger charge is 2.47. The van der Waals surface area contributed by atoms with E-state index in [9.17, 15) is 15.2 Å². The number of pyridine rings is 1. The van der Waals surface area contributed by atoms with E-state index in [1.165, 1.54) is 11.1 Å². The summed E-state index contributed by atoms with van der Waals surface area (Å²) in [4.78, 5) is 17.5. The second-order valence-corrected chi connectivity index (χ2v) is 6.38. The average Bonchev–Trinajstić information content (AvgIpc) is 2.59. The van der Waals surface area contributed by atoms with Crippen molar-refractivity contribution in [2.75, 3.05) is 4.90 Å². The van der Waals surface area contributed by atoms with Gasteiger partial charge in [0.25, 0.3) is 0 Å². The van der Waals surface area contributed by atoms with Crippen molar-refractivity contribution >= 4 is 11.7 Å². The Morgan fingerprint density at radius 1 is 1.44 bits per heavy atom. The molecule has 128 valence electrons. The molecule has 0 unspecified atom stereocenters. The number of carbonyl (C=O) groups excluding carboxylic acids is 1. The third kappa shape index (κ3) is 2.88. The van der Waals surface area contributed by atoms with Crippen LogP contribution in [0.4, 0.5) is 10.5 Å². The number of carbonyl (C=O) groups is 1. The highest BCUT2D eigenvalue weighted by atomic mass is 16.5. The number of anilines is 1. The van der Waals surface area contributed by atoms with Crippen LogP contribution in [0, 0.1) is 11.3 Å².